The highest BCUT2D eigenvalue weighted by atomic mass is 19.1. The summed E-state index contributed by atoms with van der Waals surface area (Å²) in [7, 11) is 0. The van der Waals surface area contributed by atoms with Crippen molar-refractivity contribution in [2.75, 3.05) is 18.8 Å². The highest BCUT2D eigenvalue weighted by Gasteiger charge is 2.29. The number of carbonyl (C=O) groups excluding carboxylic acids is 1. The van der Waals surface area contributed by atoms with E-state index in [1.807, 2.05) is 0 Å². The van der Waals surface area contributed by atoms with Crippen molar-refractivity contribution >= 4 is 11.6 Å². The number of likely N-dealkylation sites (tertiary alicyclic amines) is 1. The largest absolute Gasteiger partial charge is 0.396 e. The number of nitrogens with two attached hydrogens (primary N) is 1. The molecule has 0 bridgehead atoms. The topological polar surface area (TPSA) is 66.6 Å². The lowest BCUT2D eigenvalue weighted by Gasteiger charge is -2.16. The number of hydrogen-bond acceptors (Lipinski definition) is 3. The van der Waals surface area contributed by atoms with Crippen LogP contribution in [-0.4, -0.2) is 35.1 Å². The molecule has 1 aliphatic heterocycles. The lowest BCUT2D eigenvalue weighted by Crippen LogP contribution is -2.31. The quantitative estimate of drug-likeness (QED) is 0.714. The number of β-amino-alcohol motifs (C(OH)–C–C–N with tert-alkyl or cyclic N) is 1. The smallest absolute Gasteiger partial charge is 0.260 e. The van der Waals surface area contributed by atoms with Gasteiger partial charge in [-0.15, -0.1) is 0 Å². The lowest BCUT2D eigenvalue weighted by atomic mass is 10.1. The summed E-state index contributed by atoms with van der Waals surface area (Å²) in [5, 5.41) is 9.28. The Bertz CT molecular complexity index is 465. The molecule has 0 unspecified atom stereocenters. The van der Waals surface area contributed by atoms with Gasteiger partial charge < -0.3 is 15.7 Å². The van der Waals surface area contributed by atoms with Crippen molar-refractivity contribution in [3.8, 4) is 0 Å². The Labute approximate surface area is 96.6 Å². The molecule has 6 heteroatoms. The molecule has 1 aromatic carbocycles. The Kier molecular flexibility index (Phi) is 2.97. The number of rotatable bonds is 1. The van der Waals surface area contributed by atoms with Crippen LogP contribution in [0.25, 0.3) is 0 Å². The molecule has 92 valence electrons. The van der Waals surface area contributed by atoms with Crippen molar-refractivity contribution in [3.05, 3.63) is 29.3 Å². The van der Waals surface area contributed by atoms with Gasteiger partial charge in [-0.05, 0) is 18.6 Å². The van der Waals surface area contributed by atoms with E-state index >= 15 is 0 Å². The van der Waals surface area contributed by atoms with E-state index in [9.17, 15) is 18.7 Å². The Morgan fingerprint density at radius 2 is 2.18 bits per heavy atom. The van der Waals surface area contributed by atoms with E-state index in [2.05, 4.69) is 0 Å². The van der Waals surface area contributed by atoms with Crippen molar-refractivity contribution in [3.63, 3.8) is 0 Å². The van der Waals surface area contributed by atoms with Gasteiger partial charge in [-0.3, -0.25) is 4.79 Å². The fourth-order valence-electron chi connectivity index (χ4n) is 1.85. The molecule has 4 nitrogen and oxygen atoms in total. The first-order chi connectivity index (χ1) is 8.00. The molecule has 1 aliphatic rings. The summed E-state index contributed by atoms with van der Waals surface area (Å²) >= 11 is 0. The summed E-state index contributed by atoms with van der Waals surface area (Å²) in [5.41, 5.74) is 4.37. The molecular formula is C11H12F2N2O2. The number of aliphatic hydroxyl groups is 1. The van der Waals surface area contributed by atoms with Crippen LogP contribution in [0.5, 0.6) is 0 Å². The molecule has 0 saturated carbocycles. The molecule has 17 heavy (non-hydrogen) atoms. The molecule has 1 aromatic rings. The number of amides is 1. The standard InChI is InChI=1S/C11H12F2N2O2/c12-7-1-2-8(14)10(13)9(7)11(17)15-4-3-6(16)5-15/h1-2,6,16H,3-5,14H2/t6-/m0/s1. The van der Waals surface area contributed by atoms with Gasteiger partial charge in [-0.1, -0.05) is 0 Å². The third kappa shape index (κ3) is 2.08. The number of hydrogen-bond donors (Lipinski definition) is 2. The van der Waals surface area contributed by atoms with Crippen LogP contribution in [0.2, 0.25) is 0 Å². The second kappa shape index (κ2) is 4.29. The summed E-state index contributed by atoms with van der Waals surface area (Å²) in [6.07, 6.45) is -0.219. The van der Waals surface area contributed by atoms with E-state index in [0.717, 1.165) is 12.1 Å². The minimum absolute atomic E-state index is 0.0898. The van der Waals surface area contributed by atoms with E-state index in [1.54, 1.807) is 0 Å². The molecule has 0 aliphatic carbocycles. The predicted octanol–water partition coefficient (Wildman–Crippen LogP) is 0.754. The first-order valence-electron chi connectivity index (χ1n) is 5.21. The number of benzene rings is 1. The Morgan fingerprint density at radius 1 is 1.47 bits per heavy atom. The van der Waals surface area contributed by atoms with Gasteiger partial charge in [-0.2, -0.15) is 0 Å². The van der Waals surface area contributed by atoms with Crippen molar-refractivity contribution in [1.82, 2.24) is 4.90 Å². The number of anilines is 1. The molecule has 3 N–H and O–H groups in total. The summed E-state index contributed by atoms with van der Waals surface area (Å²) in [4.78, 5) is 13.1. The number of nitrogens with zero attached hydrogens (tertiary/aromatic N) is 1. The second-order valence-corrected chi connectivity index (χ2v) is 4.02. The number of carbonyl (C=O) groups is 1. The van der Waals surface area contributed by atoms with Crippen molar-refractivity contribution in [2.45, 2.75) is 12.5 Å². The van der Waals surface area contributed by atoms with Crippen LogP contribution in [0.3, 0.4) is 0 Å². The van der Waals surface area contributed by atoms with Gasteiger partial charge in [-0.25, -0.2) is 8.78 Å². The SMILES string of the molecule is Nc1ccc(F)c(C(=O)N2CC[C@H](O)C2)c1F. The second-order valence-electron chi connectivity index (χ2n) is 4.02. The summed E-state index contributed by atoms with van der Waals surface area (Å²) in [5.74, 6) is -2.76. The first-order valence-corrected chi connectivity index (χ1v) is 5.21. The van der Waals surface area contributed by atoms with Gasteiger partial charge in [0.25, 0.3) is 5.91 Å². The third-order valence-electron chi connectivity index (χ3n) is 2.79. The zero-order valence-electron chi connectivity index (χ0n) is 8.99. The minimum Gasteiger partial charge on any atom is -0.396 e. The monoisotopic (exact) mass is 242 g/mol. The fourth-order valence-corrected chi connectivity index (χ4v) is 1.85. The maximum absolute atomic E-state index is 13.6. The molecule has 0 spiro atoms. The average molecular weight is 242 g/mol. The summed E-state index contributed by atoms with van der Waals surface area (Å²) in [6.45, 7) is 0.375. The average Bonchev–Trinajstić information content (AvgIpc) is 2.71. The van der Waals surface area contributed by atoms with E-state index < -0.39 is 29.2 Å². The van der Waals surface area contributed by atoms with E-state index in [1.165, 1.54) is 4.90 Å². The Morgan fingerprint density at radius 3 is 2.76 bits per heavy atom. The highest BCUT2D eigenvalue weighted by Crippen LogP contribution is 2.22. The Hall–Kier alpha value is -1.69. The van der Waals surface area contributed by atoms with Crippen LogP contribution >= 0.6 is 0 Å². The predicted molar refractivity (Wildman–Crippen MR) is 57.3 cm³/mol. The van der Waals surface area contributed by atoms with Crippen molar-refractivity contribution < 1.29 is 18.7 Å². The van der Waals surface area contributed by atoms with Crippen LogP contribution < -0.4 is 5.73 Å². The molecule has 1 atom stereocenters. The lowest BCUT2D eigenvalue weighted by molar-refractivity contribution is 0.0755. The van der Waals surface area contributed by atoms with Gasteiger partial charge in [0.2, 0.25) is 0 Å². The van der Waals surface area contributed by atoms with Gasteiger partial charge in [0.15, 0.2) is 5.82 Å². The third-order valence-corrected chi connectivity index (χ3v) is 2.79. The molecule has 2 rings (SSSR count). The molecular weight excluding hydrogens is 230 g/mol. The van der Waals surface area contributed by atoms with Crippen molar-refractivity contribution in [1.29, 1.82) is 0 Å². The molecule has 1 amide bonds. The van der Waals surface area contributed by atoms with Crippen LogP contribution in [0.4, 0.5) is 14.5 Å². The van der Waals surface area contributed by atoms with Crippen LogP contribution in [0, 0.1) is 11.6 Å². The Balaban J connectivity index is 2.34. The maximum atomic E-state index is 13.6. The normalized spacial score (nSPS) is 19.7. The van der Waals surface area contributed by atoms with E-state index in [-0.39, 0.29) is 18.8 Å². The van der Waals surface area contributed by atoms with E-state index in [0.29, 0.717) is 6.42 Å². The van der Waals surface area contributed by atoms with Crippen LogP contribution in [0.15, 0.2) is 12.1 Å². The van der Waals surface area contributed by atoms with Crippen LogP contribution in [0.1, 0.15) is 16.8 Å². The maximum Gasteiger partial charge on any atom is 0.260 e. The highest BCUT2D eigenvalue weighted by molar-refractivity contribution is 5.95. The zero-order valence-corrected chi connectivity index (χ0v) is 8.99. The van der Waals surface area contributed by atoms with Gasteiger partial charge in [0, 0.05) is 13.1 Å². The number of halogens is 2. The van der Waals surface area contributed by atoms with Gasteiger partial charge in [0.1, 0.15) is 11.4 Å². The molecule has 0 aromatic heterocycles. The van der Waals surface area contributed by atoms with Gasteiger partial charge in [0.05, 0.1) is 11.8 Å². The van der Waals surface area contributed by atoms with Crippen molar-refractivity contribution in [2.24, 2.45) is 0 Å². The molecule has 1 fully saturated rings. The minimum atomic E-state index is -1.05. The zero-order chi connectivity index (χ0) is 12.6. The van der Waals surface area contributed by atoms with E-state index in [4.69, 9.17) is 5.73 Å². The number of nitrogen functional groups attached to an aromatic ring is 1. The molecule has 1 heterocycles. The molecule has 0 radical (unpaired) electrons. The summed E-state index contributed by atoms with van der Waals surface area (Å²) < 4.78 is 27.0. The first kappa shape index (κ1) is 11.8. The van der Waals surface area contributed by atoms with Crippen LogP contribution in [-0.2, 0) is 0 Å². The molecule has 1 saturated heterocycles. The summed E-state index contributed by atoms with van der Waals surface area (Å²) in [6, 6.07) is 2.03. The van der Waals surface area contributed by atoms with Gasteiger partial charge >= 0.3 is 0 Å². The fraction of sp³-hybridized carbons (Fsp3) is 0.364. The number of aliphatic hydroxyl groups excluding tert-OH is 1.